The zero-order valence-electron chi connectivity index (χ0n) is 11.1. The molecular formula is C15H17BrN2O. The summed E-state index contributed by atoms with van der Waals surface area (Å²) in [6, 6.07) is 13.9. The summed E-state index contributed by atoms with van der Waals surface area (Å²) < 4.78 is 6.20. The molecule has 0 heterocycles. The van der Waals surface area contributed by atoms with E-state index < -0.39 is 0 Å². The van der Waals surface area contributed by atoms with Crippen molar-refractivity contribution >= 4 is 27.3 Å². The summed E-state index contributed by atoms with van der Waals surface area (Å²) in [7, 11) is 3.72. The largest absolute Gasteiger partial charge is 0.497 e. The maximum Gasteiger partial charge on any atom is 0.120 e. The normalized spacial score (nSPS) is 10.3. The molecule has 2 N–H and O–H groups in total. The van der Waals surface area contributed by atoms with Crippen molar-refractivity contribution in [2.75, 3.05) is 24.8 Å². The molecule has 0 amide bonds. The number of nitrogen functional groups attached to an aromatic ring is 1. The second-order valence-electron chi connectivity index (χ2n) is 4.38. The third-order valence-electron chi connectivity index (χ3n) is 3.01. The molecule has 100 valence electrons. The zero-order valence-corrected chi connectivity index (χ0v) is 12.6. The Kier molecular flexibility index (Phi) is 4.32. The molecule has 4 heteroatoms. The third kappa shape index (κ3) is 3.20. The number of nitrogens with zero attached hydrogens (tertiary/aromatic N) is 1. The van der Waals surface area contributed by atoms with E-state index in [-0.39, 0.29) is 0 Å². The van der Waals surface area contributed by atoms with Crippen LogP contribution in [0.2, 0.25) is 0 Å². The van der Waals surface area contributed by atoms with Crippen LogP contribution >= 0.6 is 15.9 Å². The first-order valence-corrected chi connectivity index (χ1v) is 6.79. The van der Waals surface area contributed by atoms with E-state index in [4.69, 9.17) is 10.5 Å². The van der Waals surface area contributed by atoms with Crippen LogP contribution in [0.25, 0.3) is 0 Å². The fourth-order valence-corrected chi connectivity index (χ4v) is 2.31. The lowest BCUT2D eigenvalue weighted by atomic mass is 10.2. The van der Waals surface area contributed by atoms with Gasteiger partial charge in [0.2, 0.25) is 0 Å². The minimum atomic E-state index is 0.761. The molecular weight excluding hydrogens is 304 g/mol. The van der Waals surface area contributed by atoms with Gasteiger partial charge in [0.05, 0.1) is 7.11 Å². The Morgan fingerprint density at radius 3 is 2.68 bits per heavy atom. The number of hydrogen-bond donors (Lipinski definition) is 1. The molecule has 19 heavy (non-hydrogen) atoms. The Morgan fingerprint density at radius 1 is 1.21 bits per heavy atom. The molecule has 0 radical (unpaired) electrons. The molecule has 2 aromatic rings. The average molecular weight is 321 g/mol. The second-order valence-corrected chi connectivity index (χ2v) is 5.17. The highest BCUT2D eigenvalue weighted by atomic mass is 79.9. The van der Waals surface area contributed by atoms with Gasteiger partial charge < -0.3 is 15.4 Å². The summed E-state index contributed by atoms with van der Waals surface area (Å²) in [5.41, 5.74) is 8.92. The van der Waals surface area contributed by atoms with Gasteiger partial charge in [-0.15, -0.1) is 0 Å². The van der Waals surface area contributed by atoms with Gasteiger partial charge in [0.15, 0.2) is 0 Å². The number of rotatable bonds is 4. The number of benzene rings is 2. The van der Waals surface area contributed by atoms with Crippen LogP contribution in [0.15, 0.2) is 46.9 Å². The molecule has 0 aliphatic heterocycles. The number of hydrogen-bond acceptors (Lipinski definition) is 3. The van der Waals surface area contributed by atoms with Crippen molar-refractivity contribution in [2.24, 2.45) is 0 Å². The van der Waals surface area contributed by atoms with Crippen molar-refractivity contribution < 1.29 is 4.74 Å². The summed E-state index contributed by atoms with van der Waals surface area (Å²) in [6.07, 6.45) is 0. The molecule has 0 saturated carbocycles. The molecule has 0 fully saturated rings. The van der Waals surface area contributed by atoms with Crippen LogP contribution in [-0.2, 0) is 6.54 Å². The van der Waals surface area contributed by atoms with E-state index in [0.717, 1.165) is 33.7 Å². The zero-order chi connectivity index (χ0) is 13.8. The summed E-state index contributed by atoms with van der Waals surface area (Å²) >= 11 is 3.53. The standard InChI is InChI=1S/C15H17BrN2O/c1-18(12-6-4-7-13(9-12)19-2)10-11-5-3-8-14(17)15(11)16/h3-9H,10,17H2,1-2H3. The number of methoxy groups -OCH3 is 1. The van der Waals surface area contributed by atoms with Gasteiger partial charge >= 0.3 is 0 Å². The summed E-state index contributed by atoms with van der Waals surface area (Å²) in [4.78, 5) is 2.15. The van der Waals surface area contributed by atoms with Gasteiger partial charge in [-0.2, -0.15) is 0 Å². The van der Waals surface area contributed by atoms with E-state index in [1.165, 1.54) is 0 Å². The molecule has 0 spiro atoms. The fourth-order valence-electron chi connectivity index (χ4n) is 1.92. The van der Waals surface area contributed by atoms with Crippen molar-refractivity contribution in [3.05, 3.63) is 52.5 Å². The average Bonchev–Trinajstić information content (AvgIpc) is 2.44. The van der Waals surface area contributed by atoms with Gasteiger partial charge in [-0.1, -0.05) is 18.2 Å². The molecule has 0 aliphatic rings. The van der Waals surface area contributed by atoms with Crippen LogP contribution in [0.5, 0.6) is 5.75 Å². The monoisotopic (exact) mass is 320 g/mol. The van der Waals surface area contributed by atoms with E-state index in [2.05, 4.69) is 33.0 Å². The lowest BCUT2D eigenvalue weighted by Gasteiger charge is -2.21. The molecule has 2 aromatic carbocycles. The first kappa shape index (κ1) is 13.7. The summed E-state index contributed by atoms with van der Waals surface area (Å²) in [5, 5.41) is 0. The van der Waals surface area contributed by atoms with E-state index in [0.29, 0.717) is 0 Å². The number of nitrogens with two attached hydrogens (primary N) is 1. The topological polar surface area (TPSA) is 38.5 Å². The van der Waals surface area contributed by atoms with Crippen molar-refractivity contribution in [3.63, 3.8) is 0 Å². The fraction of sp³-hybridized carbons (Fsp3) is 0.200. The molecule has 0 aromatic heterocycles. The Hall–Kier alpha value is -1.68. The van der Waals surface area contributed by atoms with Crippen molar-refractivity contribution in [1.82, 2.24) is 0 Å². The van der Waals surface area contributed by atoms with Gasteiger partial charge in [-0.3, -0.25) is 0 Å². The quantitative estimate of drug-likeness (QED) is 0.873. The van der Waals surface area contributed by atoms with Gasteiger partial charge in [0.1, 0.15) is 5.75 Å². The van der Waals surface area contributed by atoms with Crippen molar-refractivity contribution in [3.8, 4) is 5.75 Å². The van der Waals surface area contributed by atoms with Gasteiger partial charge in [0.25, 0.3) is 0 Å². The highest BCUT2D eigenvalue weighted by Crippen LogP contribution is 2.27. The first-order chi connectivity index (χ1) is 9.11. The predicted octanol–water partition coefficient (Wildman–Crippen LogP) is 3.68. The number of anilines is 2. The first-order valence-electron chi connectivity index (χ1n) is 6.00. The Bertz CT molecular complexity index is 572. The van der Waals surface area contributed by atoms with Crippen LogP contribution in [0.1, 0.15) is 5.56 Å². The minimum Gasteiger partial charge on any atom is -0.497 e. The van der Waals surface area contributed by atoms with Crippen LogP contribution in [0, 0.1) is 0 Å². The van der Waals surface area contributed by atoms with E-state index in [9.17, 15) is 0 Å². The predicted molar refractivity (Wildman–Crippen MR) is 83.7 cm³/mol. The van der Waals surface area contributed by atoms with Crippen molar-refractivity contribution in [2.45, 2.75) is 6.54 Å². The number of ether oxygens (including phenoxy) is 1. The smallest absolute Gasteiger partial charge is 0.120 e. The second kappa shape index (κ2) is 5.97. The van der Waals surface area contributed by atoms with E-state index in [1.54, 1.807) is 7.11 Å². The summed E-state index contributed by atoms with van der Waals surface area (Å²) in [6.45, 7) is 0.777. The van der Waals surface area contributed by atoms with Crippen LogP contribution in [0.4, 0.5) is 11.4 Å². The lowest BCUT2D eigenvalue weighted by molar-refractivity contribution is 0.415. The highest BCUT2D eigenvalue weighted by molar-refractivity contribution is 9.10. The molecule has 3 nitrogen and oxygen atoms in total. The molecule has 0 bridgehead atoms. The van der Waals surface area contributed by atoms with Gasteiger partial charge in [-0.25, -0.2) is 0 Å². The molecule has 0 saturated heterocycles. The highest BCUT2D eigenvalue weighted by Gasteiger charge is 2.07. The van der Waals surface area contributed by atoms with Gasteiger partial charge in [0, 0.05) is 35.5 Å². The van der Waals surface area contributed by atoms with Crippen LogP contribution in [-0.4, -0.2) is 14.2 Å². The van der Waals surface area contributed by atoms with Crippen molar-refractivity contribution in [1.29, 1.82) is 0 Å². The maximum atomic E-state index is 5.90. The Morgan fingerprint density at radius 2 is 1.95 bits per heavy atom. The van der Waals surface area contributed by atoms with E-state index >= 15 is 0 Å². The molecule has 2 rings (SSSR count). The molecule has 0 unspecified atom stereocenters. The molecule has 0 aliphatic carbocycles. The number of halogens is 1. The third-order valence-corrected chi connectivity index (χ3v) is 3.98. The Labute approximate surface area is 122 Å². The summed E-state index contributed by atoms with van der Waals surface area (Å²) in [5.74, 6) is 0.857. The van der Waals surface area contributed by atoms with Crippen LogP contribution in [0.3, 0.4) is 0 Å². The SMILES string of the molecule is COc1cccc(N(C)Cc2cccc(N)c2Br)c1. The Balaban J connectivity index is 2.20. The minimum absolute atomic E-state index is 0.761. The molecule has 0 atom stereocenters. The maximum absolute atomic E-state index is 5.90. The van der Waals surface area contributed by atoms with Gasteiger partial charge in [-0.05, 0) is 39.7 Å². The van der Waals surface area contributed by atoms with E-state index in [1.807, 2.05) is 37.4 Å². The van der Waals surface area contributed by atoms with Crippen LogP contribution < -0.4 is 15.4 Å². The lowest BCUT2D eigenvalue weighted by Crippen LogP contribution is -2.16.